The first-order chi connectivity index (χ1) is 15.6. The topological polar surface area (TPSA) is 79.4 Å². The molecular formula is C24H23N5O2S. The van der Waals surface area contributed by atoms with E-state index in [0.717, 1.165) is 46.1 Å². The van der Waals surface area contributed by atoms with Gasteiger partial charge in [-0.2, -0.15) is 4.98 Å². The minimum Gasteiger partial charge on any atom is -0.378 e. The lowest BCUT2D eigenvalue weighted by molar-refractivity contribution is 0.103. The average molecular weight is 446 g/mol. The summed E-state index contributed by atoms with van der Waals surface area (Å²) in [6.45, 7) is 5.03. The van der Waals surface area contributed by atoms with Gasteiger partial charge in [0.05, 0.1) is 18.1 Å². The molecular weight excluding hydrogens is 422 g/mol. The Kier molecular flexibility index (Phi) is 5.70. The maximum atomic E-state index is 12.6. The van der Waals surface area contributed by atoms with Gasteiger partial charge >= 0.3 is 0 Å². The molecule has 0 aliphatic carbocycles. The Morgan fingerprint density at radius 2 is 1.75 bits per heavy atom. The first-order valence-corrected chi connectivity index (χ1v) is 11.3. The van der Waals surface area contributed by atoms with Crippen LogP contribution in [0.4, 0.5) is 23.1 Å². The number of nitrogens with one attached hydrogen (secondary N) is 2. The number of aryl methyl sites for hydroxylation is 1. The molecule has 5 rings (SSSR count). The lowest BCUT2D eigenvalue weighted by Crippen LogP contribution is -2.36. The number of hydrogen-bond donors (Lipinski definition) is 2. The molecule has 1 aliphatic heterocycles. The van der Waals surface area contributed by atoms with Crippen LogP contribution in [0.2, 0.25) is 0 Å². The summed E-state index contributed by atoms with van der Waals surface area (Å²) < 4.78 is 6.53. The Morgan fingerprint density at radius 1 is 1.00 bits per heavy atom. The van der Waals surface area contributed by atoms with Gasteiger partial charge in [-0.1, -0.05) is 18.2 Å². The van der Waals surface area contributed by atoms with Gasteiger partial charge in [-0.3, -0.25) is 4.79 Å². The number of carbonyl (C=O) groups is 1. The molecule has 0 unspecified atom stereocenters. The number of benzene rings is 2. The van der Waals surface area contributed by atoms with Gasteiger partial charge in [-0.25, -0.2) is 4.98 Å². The highest BCUT2D eigenvalue weighted by atomic mass is 32.1. The zero-order valence-corrected chi connectivity index (χ0v) is 18.5. The predicted molar refractivity (Wildman–Crippen MR) is 129 cm³/mol. The summed E-state index contributed by atoms with van der Waals surface area (Å²) >= 11 is 1.49. The molecule has 0 saturated carbocycles. The fourth-order valence-electron chi connectivity index (χ4n) is 3.61. The quantitative estimate of drug-likeness (QED) is 0.458. The predicted octanol–water partition coefficient (Wildman–Crippen LogP) is 4.83. The Morgan fingerprint density at radius 3 is 2.53 bits per heavy atom. The van der Waals surface area contributed by atoms with Crippen LogP contribution in [0.3, 0.4) is 0 Å². The van der Waals surface area contributed by atoms with E-state index >= 15 is 0 Å². The number of nitrogens with zero attached hydrogens (tertiary/aromatic N) is 3. The molecule has 0 spiro atoms. The Labute approximate surface area is 190 Å². The number of anilines is 4. The number of thiophene rings is 1. The molecule has 8 heteroatoms. The van der Waals surface area contributed by atoms with Gasteiger partial charge < -0.3 is 20.3 Å². The molecule has 7 nitrogen and oxygen atoms in total. The zero-order chi connectivity index (χ0) is 21.9. The summed E-state index contributed by atoms with van der Waals surface area (Å²) in [5, 5.41) is 7.31. The maximum absolute atomic E-state index is 12.6. The number of rotatable bonds is 5. The van der Waals surface area contributed by atoms with Crippen LogP contribution in [0.15, 0.2) is 60.7 Å². The second-order valence-corrected chi connectivity index (χ2v) is 8.68. The van der Waals surface area contributed by atoms with Crippen LogP contribution in [-0.2, 0) is 4.74 Å². The lowest BCUT2D eigenvalue weighted by atomic mass is 10.2. The standard InChI is InChI=1S/C24H23N5O2S/c1-16-14-22(29-10-12-31-13-11-29)28-24(25-16)27-19-8-6-18(7-9-19)26-23(30)21-15-17-4-2-3-5-20(17)32-21/h2-9,14-15H,10-13H2,1H3,(H,26,30)(H,25,27,28). The van der Waals surface area contributed by atoms with Gasteiger partial charge in [0.15, 0.2) is 0 Å². The summed E-state index contributed by atoms with van der Waals surface area (Å²) in [4.78, 5) is 24.7. The van der Waals surface area contributed by atoms with E-state index in [9.17, 15) is 4.79 Å². The lowest BCUT2D eigenvalue weighted by Gasteiger charge is -2.28. The minimum absolute atomic E-state index is 0.107. The van der Waals surface area contributed by atoms with E-state index in [1.54, 1.807) is 0 Å². The molecule has 1 aliphatic rings. The van der Waals surface area contributed by atoms with Crippen molar-refractivity contribution >= 4 is 50.5 Å². The van der Waals surface area contributed by atoms with Gasteiger partial charge in [-0.15, -0.1) is 11.3 Å². The van der Waals surface area contributed by atoms with Crippen molar-refractivity contribution in [2.45, 2.75) is 6.92 Å². The van der Waals surface area contributed by atoms with Crippen molar-refractivity contribution < 1.29 is 9.53 Å². The number of carbonyl (C=O) groups excluding carboxylic acids is 1. The van der Waals surface area contributed by atoms with Crippen molar-refractivity contribution in [1.82, 2.24) is 9.97 Å². The van der Waals surface area contributed by atoms with Crippen LogP contribution in [0.25, 0.3) is 10.1 Å². The summed E-state index contributed by atoms with van der Waals surface area (Å²) in [5.74, 6) is 1.34. The van der Waals surface area contributed by atoms with E-state index in [-0.39, 0.29) is 5.91 Å². The first-order valence-electron chi connectivity index (χ1n) is 10.5. The van der Waals surface area contributed by atoms with Gasteiger partial charge in [0, 0.05) is 40.9 Å². The molecule has 2 aromatic carbocycles. The van der Waals surface area contributed by atoms with E-state index in [0.29, 0.717) is 24.0 Å². The normalized spacial score (nSPS) is 13.8. The summed E-state index contributed by atoms with van der Waals surface area (Å²) in [6.07, 6.45) is 0. The first kappa shape index (κ1) is 20.4. The van der Waals surface area contributed by atoms with Crippen LogP contribution in [-0.4, -0.2) is 42.2 Å². The highest BCUT2D eigenvalue weighted by molar-refractivity contribution is 7.20. The van der Waals surface area contributed by atoms with Crippen molar-refractivity contribution in [3.63, 3.8) is 0 Å². The summed E-state index contributed by atoms with van der Waals surface area (Å²) in [5.41, 5.74) is 2.48. The second kappa shape index (κ2) is 8.94. The molecule has 1 fully saturated rings. The summed E-state index contributed by atoms with van der Waals surface area (Å²) in [6, 6.07) is 19.4. The van der Waals surface area contributed by atoms with Crippen LogP contribution in [0.1, 0.15) is 15.4 Å². The number of hydrogen-bond acceptors (Lipinski definition) is 7. The molecule has 1 amide bonds. The fourth-order valence-corrected chi connectivity index (χ4v) is 4.57. The smallest absolute Gasteiger partial charge is 0.265 e. The largest absolute Gasteiger partial charge is 0.378 e. The van der Waals surface area contributed by atoms with Gasteiger partial charge in [0.25, 0.3) is 5.91 Å². The zero-order valence-electron chi connectivity index (χ0n) is 17.7. The highest BCUT2D eigenvalue weighted by Gasteiger charge is 2.14. The Bertz CT molecular complexity index is 1220. The van der Waals surface area contributed by atoms with E-state index in [4.69, 9.17) is 4.74 Å². The van der Waals surface area contributed by atoms with Gasteiger partial charge in [-0.05, 0) is 48.7 Å². The monoisotopic (exact) mass is 445 g/mol. The van der Waals surface area contributed by atoms with Crippen molar-refractivity contribution in [2.24, 2.45) is 0 Å². The van der Waals surface area contributed by atoms with Crippen molar-refractivity contribution in [1.29, 1.82) is 0 Å². The number of fused-ring (bicyclic) bond motifs is 1. The van der Waals surface area contributed by atoms with Crippen LogP contribution in [0.5, 0.6) is 0 Å². The maximum Gasteiger partial charge on any atom is 0.265 e. The Hall–Kier alpha value is -3.49. The van der Waals surface area contributed by atoms with E-state index < -0.39 is 0 Å². The fraction of sp³-hybridized carbons (Fsp3) is 0.208. The molecule has 2 N–H and O–H groups in total. The SMILES string of the molecule is Cc1cc(N2CCOCC2)nc(Nc2ccc(NC(=O)c3cc4ccccc4s3)cc2)n1. The second-order valence-electron chi connectivity index (χ2n) is 7.60. The minimum atomic E-state index is -0.107. The number of ether oxygens (including phenoxy) is 1. The molecule has 2 aromatic heterocycles. The van der Waals surface area contributed by atoms with E-state index in [1.807, 2.05) is 67.6 Å². The average Bonchev–Trinajstić information content (AvgIpc) is 3.25. The van der Waals surface area contributed by atoms with E-state index in [1.165, 1.54) is 11.3 Å². The molecule has 0 bridgehead atoms. The number of aromatic nitrogens is 2. The van der Waals surface area contributed by atoms with E-state index in [2.05, 4.69) is 25.5 Å². The van der Waals surface area contributed by atoms with Crippen molar-refractivity contribution in [2.75, 3.05) is 41.8 Å². The highest BCUT2D eigenvalue weighted by Crippen LogP contribution is 2.26. The van der Waals surface area contributed by atoms with Crippen molar-refractivity contribution in [3.8, 4) is 0 Å². The molecule has 1 saturated heterocycles. The Balaban J connectivity index is 1.26. The van der Waals surface area contributed by atoms with Gasteiger partial charge in [0.1, 0.15) is 5.82 Å². The summed E-state index contributed by atoms with van der Waals surface area (Å²) in [7, 11) is 0. The number of amides is 1. The molecule has 4 aromatic rings. The molecule has 32 heavy (non-hydrogen) atoms. The van der Waals surface area contributed by atoms with Crippen LogP contribution in [0, 0.1) is 6.92 Å². The molecule has 0 atom stereocenters. The molecule has 0 radical (unpaired) electrons. The molecule has 3 heterocycles. The third kappa shape index (κ3) is 4.56. The van der Waals surface area contributed by atoms with Gasteiger partial charge in [0.2, 0.25) is 5.95 Å². The molecule has 162 valence electrons. The third-order valence-corrected chi connectivity index (χ3v) is 6.34. The van der Waals surface area contributed by atoms with Crippen LogP contribution < -0.4 is 15.5 Å². The third-order valence-electron chi connectivity index (χ3n) is 5.22. The van der Waals surface area contributed by atoms with Crippen molar-refractivity contribution in [3.05, 3.63) is 71.2 Å². The number of morpholine rings is 1. The van der Waals surface area contributed by atoms with Crippen LogP contribution >= 0.6 is 11.3 Å².